The molecule has 0 aliphatic heterocycles. The zero-order chi connectivity index (χ0) is 20.7. The number of nitrogens with zero attached hydrogens (tertiary/aromatic N) is 1. The summed E-state index contributed by atoms with van der Waals surface area (Å²) in [5, 5.41) is 16.0. The maximum absolute atomic E-state index is 12.2. The van der Waals surface area contributed by atoms with Crippen LogP contribution in [0.3, 0.4) is 0 Å². The number of anilines is 1. The summed E-state index contributed by atoms with van der Waals surface area (Å²) in [4.78, 5) is 34.5. The molecule has 0 aliphatic carbocycles. The van der Waals surface area contributed by atoms with E-state index < -0.39 is 16.7 Å². The first-order chi connectivity index (χ1) is 13.3. The number of nitro benzene ring substituents is 1. The highest BCUT2D eigenvalue weighted by Gasteiger charge is 2.14. The van der Waals surface area contributed by atoms with Crippen LogP contribution in [-0.2, 0) is 4.79 Å². The number of nitro groups is 1. The van der Waals surface area contributed by atoms with Crippen LogP contribution in [0.25, 0.3) is 0 Å². The Hall–Kier alpha value is -3.33. The minimum atomic E-state index is -0.638. The van der Waals surface area contributed by atoms with Gasteiger partial charge in [0.15, 0.2) is 0 Å². The minimum absolute atomic E-state index is 0.0241. The number of carbonyl (C=O) groups excluding carboxylic acids is 2. The Bertz CT molecular complexity index is 881. The van der Waals surface area contributed by atoms with Crippen molar-refractivity contribution < 1.29 is 24.0 Å². The van der Waals surface area contributed by atoms with Crippen molar-refractivity contribution in [3.63, 3.8) is 0 Å². The molecule has 0 bridgehead atoms. The molecule has 10 heteroatoms. The summed E-state index contributed by atoms with van der Waals surface area (Å²) >= 11 is 5.73. The van der Waals surface area contributed by atoms with Gasteiger partial charge in [-0.25, -0.2) is 0 Å². The van der Waals surface area contributed by atoms with E-state index in [0.29, 0.717) is 17.1 Å². The quantitative estimate of drug-likeness (QED) is 0.512. The molecule has 0 radical (unpaired) electrons. The van der Waals surface area contributed by atoms with Crippen LogP contribution >= 0.6 is 11.6 Å². The Balaban J connectivity index is 1.91. The molecule has 0 heterocycles. The fourth-order valence-corrected chi connectivity index (χ4v) is 2.47. The SMILES string of the molecule is COc1cc(OC)cc(C(=O)NCCC(=O)Nc2ccc(Cl)c([N+](=O)[O-])c2)c1. The molecule has 0 spiro atoms. The van der Waals surface area contributed by atoms with E-state index in [2.05, 4.69) is 10.6 Å². The van der Waals surface area contributed by atoms with Gasteiger partial charge in [-0.05, 0) is 24.3 Å². The summed E-state index contributed by atoms with van der Waals surface area (Å²) in [5.74, 6) is 0.116. The lowest BCUT2D eigenvalue weighted by atomic mass is 10.2. The van der Waals surface area contributed by atoms with Crippen molar-refractivity contribution in [3.8, 4) is 11.5 Å². The second kappa shape index (κ2) is 9.56. The van der Waals surface area contributed by atoms with Crippen molar-refractivity contribution in [3.05, 3.63) is 57.1 Å². The summed E-state index contributed by atoms with van der Waals surface area (Å²) in [6.07, 6.45) is -0.0245. The van der Waals surface area contributed by atoms with Crippen molar-refractivity contribution in [2.24, 2.45) is 0 Å². The maximum Gasteiger partial charge on any atom is 0.289 e. The molecular weight excluding hydrogens is 390 g/mol. The lowest BCUT2D eigenvalue weighted by Gasteiger charge is -2.09. The molecule has 28 heavy (non-hydrogen) atoms. The van der Waals surface area contributed by atoms with Gasteiger partial charge < -0.3 is 20.1 Å². The van der Waals surface area contributed by atoms with Gasteiger partial charge in [0.05, 0.1) is 19.1 Å². The molecule has 2 amide bonds. The normalized spacial score (nSPS) is 10.1. The third-order valence-corrected chi connectivity index (χ3v) is 4.00. The molecule has 148 valence electrons. The van der Waals surface area contributed by atoms with Crippen molar-refractivity contribution in [2.75, 3.05) is 26.1 Å². The number of rotatable bonds is 8. The first-order valence-corrected chi connectivity index (χ1v) is 8.47. The number of hydrogen-bond donors (Lipinski definition) is 2. The Morgan fingerprint density at radius 1 is 1.11 bits per heavy atom. The van der Waals surface area contributed by atoms with Crippen LogP contribution in [0.15, 0.2) is 36.4 Å². The van der Waals surface area contributed by atoms with Crippen LogP contribution < -0.4 is 20.1 Å². The summed E-state index contributed by atoms with van der Waals surface area (Å²) in [6, 6.07) is 8.67. The molecule has 0 fully saturated rings. The third-order valence-electron chi connectivity index (χ3n) is 3.68. The fourth-order valence-electron chi connectivity index (χ4n) is 2.28. The number of halogens is 1. The highest BCUT2D eigenvalue weighted by atomic mass is 35.5. The molecule has 0 saturated heterocycles. The zero-order valence-corrected chi connectivity index (χ0v) is 15.9. The van der Waals surface area contributed by atoms with E-state index in [1.807, 2.05) is 0 Å². The minimum Gasteiger partial charge on any atom is -0.497 e. The lowest BCUT2D eigenvalue weighted by molar-refractivity contribution is -0.384. The molecule has 0 aliphatic rings. The molecule has 9 nitrogen and oxygen atoms in total. The summed E-state index contributed by atoms with van der Waals surface area (Å²) in [5.41, 5.74) is 0.259. The van der Waals surface area contributed by atoms with Gasteiger partial charge in [0.25, 0.3) is 11.6 Å². The van der Waals surface area contributed by atoms with Crippen LogP contribution in [-0.4, -0.2) is 37.5 Å². The second-order valence-corrected chi connectivity index (χ2v) is 5.99. The Morgan fingerprint density at radius 2 is 1.75 bits per heavy atom. The Kier molecular flexibility index (Phi) is 7.16. The van der Waals surface area contributed by atoms with Gasteiger partial charge in [-0.3, -0.25) is 19.7 Å². The van der Waals surface area contributed by atoms with Crippen LogP contribution in [0.1, 0.15) is 16.8 Å². The smallest absolute Gasteiger partial charge is 0.289 e. The van der Waals surface area contributed by atoms with Crippen LogP contribution in [0.2, 0.25) is 5.02 Å². The molecular formula is C18H18ClN3O6. The second-order valence-electron chi connectivity index (χ2n) is 5.58. The summed E-state index contributed by atoms with van der Waals surface area (Å²) in [6.45, 7) is 0.0693. The number of ether oxygens (including phenoxy) is 2. The molecule has 0 saturated carbocycles. The predicted molar refractivity (Wildman–Crippen MR) is 103 cm³/mol. The van der Waals surface area contributed by atoms with Crippen molar-refractivity contribution in [1.29, 1.82) is 0 Å². The number of carbonyl (C=O) groups is 2. The van der Waals surface area contributed by atoms with E-state index in [0.717, 1.165) is 0 Å². The summed E-state index contributed by atoms with van der Waals surface area (Å²) < 4.78 is 10.2. The average molecular weight is 408 g/mol. The van der Waals surface area contributed by atoms with E-state index in [4.69, 9.17) is 21.1 Å². The number of methoxy groups -OCH3 is 2. The standard InChI is InChI=1S/C18H18ClN3O6/c1-27-13-7-11(8-14(10-13)28-2)18(24)20-6-5-17(23)21-12-3-4-15(19)16(9-12)22(25)26/h3-4,7-10H,5-6H2,1-2H3,(H,20,24)(H,21,23). The molecule has 2 aromatic rings. The fraction of sp³-hybridized carbons (Fsp3) is 0.222. The van der Waals surface area contributed by atoms with E-state index >= 15 is 0 Å². The number of hydrogen-bond acceptors (Lipinski definition) is 6. The van der Waals surface area contributed by atoms with Gasteiger partial charge in [0.2, 0.25) is 5.91 Å². The van der Waals surface area contributed by atoms with Crippen LogP contribution in [0, 0.1) is 10.1 Å². The number of benzene rings is 2. The van der Waals surface area contributed by atoms with E-state index in [1.54, 1.807) is 18.2 Å². The van der Waals surface area contributed by atoms with Crippen molar-refractivity contribution in [1.82, 2.24) is 5.32 Å². The average Bonchev–Trinajstić information content (AvgIpc) is 2.68. The van der Waals surface area contributed by atoms with E-state index in [9.17, 15) is 19.7 Å². The van der Waals surface area contributed by atoms with Crippen LogP contribution in [0.5, 0.6) is 11.5 Å². The van der Waals surface area contributed by atoms with Crippen molar-refractivity contribution in [2.45, 2.75) is 6.42 Å². The van der Waals surface area contributed by atoms with Gasteiger partial charge in [-0.2, -0.15) is 0 Å². The number of amides is 2. The molecule has 0 atom stereocenters. The highest BCUT2D eigenvalue weighted by Crippen LogP contribution is 2.27. The zero-order valence-electron chi connectivity index (χ0n) is 15.2. The van der Waals surface area contributed by atoms with E-state index in [-0.39, 0.29) is 29.4 Å². The first-order valence-electron chi connectivity index (χ1n) is 8.09. The predicted octanol–water partition coefficient (Wildman–Crippen LogP) is 3.02. The molecule has 2 rings (SSSR count). The van der Waals surface area contributed by atoms with E-state index in [1.165, 1.54) is 32.4 Å². The van der Waals surface area contributed by atoms with Gasteiger partial charge in [-0.1, -0.05) is 11.6 Å². The van der Waals surface area contributed by atoms with Gasteiger partial charge >= 0.3 is 0 Å². The first kappa shape index (κ1) is 21.0. The molecule has 0 unspecified atom stereocenters. The van der Waals surface area contributed by atoms with Gasteiger partial charge in [0, 0.05) is 36.3 Å². The third kappa shape index (κ3) is 5.58. The lowest BCUT2D eigenvalue weighted by Crippen LogP contribution is -2.27. The van der Waals surface area contributed by atoms with Gasteiger partial charge in [-0.15, -0.1) is 0 Å². The van der Waals surface area contributed by atoms with Gasteiger partial charge in [0.1, 0.15) is 16.5 Å². The molecule has 0 aromatic heterocycles. The topological polar surface area (TPSA) is 120 Å². The Morgan fingerprint density at radius 3 is 2.32 bits per heavy atom. The van der Waals surface area contributed by atoms with Crippen molar-refractivity contribution >= 4 is 34.8 Å². The molecule has 2 aromatic carbocycles. The van der Waals surface area contributed by atoms with Crippen LogP contribution in [0.4, 0.5) is 11.4 Å². The highest BCUT2D eigenvalue weighted by molar-refractivity contribution is 6.32. The maximum atomic E-state index is 12.2. The largest absolute Gasteiger partial charge is 0.497 e. The summed E-state index contributed by atoms with van der Waals surface area (Å²) in [7, 11) is 2.95. The number of nitrogens with one attached hydrogen (secondary N) is 2. The monoisotopic (exact) mass is 407 g/mol. The molecule has 2 N–H and O–H groups in total. The Labute approximate surface area is 165 Å².